The predicted octanol–water partition coefficient (Wildman–Crippen LogP) is 1.02. The van der Waals surface area contributed by atoms with E-state index in [0.29, 0.717) is 0 Å². The van der Waals surface area contributed by atoms with E-state index in [1.54, 1.807) is 0 Å². The van der Waals surface area contributed by atoms with Crippen LogP contribution in [0.5, 0.6) is 0 Å². The van der Waals surface area contributed by atoms with Crippen molar-refractivity contribution < 1.29 is 28.4 Å². The Morgan fingerprint density at radius 2 is 1.56 bits per heavy atom. The summed E-state index contributed by atoms with van der Waals surface area (Å²) >= 11 is 0. The molecule has 1 N–H and O–H groups in total. The molecule has 98 valence electrons. The van der Waals surface area contributed by atoms with E-state index in [0.717, 1.165) is 24.3 Å². The van der Waals surface area contributed by atoms with Gasteiger partial charge in [0.25, 0.3) is 10.1 Å². The van der Waals surface area contributed by atoms with Crippen molar-refractivity contribution in [3.63, 3.8) is 0 Å². The van der Waals surface area contributed by atoms with E-state index in [1.165, 1.54) is 6.92 Å². The van der Waals surface area contributed by atoms with Gasteiger partial charge in [0, 0.05) is 0 Å². The van der Waals surface area contributed by atoms with Crippen LogP contribution in [0.25, 0.3) is 0 Å². The minimum absolute atomic E-state index is 0. The summed E-state index contributed by atoms with van der Waals surface area (Å²) in [6.45, 7) is 4.65. The summed E-state index contributed by atoms with van der Waals surface area (Å²) in [7, 11) is -8.34. The van der Waals surface area contributed by atoms with Crippen molar-refractivity contribution >= 4 is 43.3 Å². The quantitative estimate of drug-likeness (QED) is 0.386. The van der Waals surface area contributed by atoms with E-state index >= 15 is 0 Å². The van der Waals surface area contributed by atoms with Gasteiger partial charge in [0.1, 0.15) is 10.7 Å². The minimum atomic E-state index is -4.34. The summed E-state index contributed by atoms with van der Waals surface area (Å²) in [5.74, 6) is -0.0103. The molecule has 0 radical (unpaired) electrons. The monoisotopic (exact) mass is 304 g/mol. The first kappa shape index (κ1) is 17.4. The molecule has 0 atom stereocenters. The topological polar surface area (TPSA) is 97.7 Å². The van der Waals surface area contributed by atoms with Crippen molar-refractivity contribution in [1.29, 1.82) is 0 Å². The molecule has 0 amide bonds. The average Bonchev–Trinajstić information content (AvgIpc) is 2.14. The van der Waals surface area contributed by atoms with Crippen molar-refractivity contribution in [3.8, 4) is 0 Å². The molecule has 1 rings (SSSR count). The molecule has 0 aromatic heterocycles. The first-order valence-electron chi connectivity index (χ1n) is 4.30. The molecule has 1 aromatic rings. The average molecular weight is 305 g/mol. The smallest absolute Gasteiger partial charge is 1.00 e. The normalized spacial score (nSPS) is 11.4. The molecule has 0 heterocycles. The Balaban J connectivity index is -0.000000963. The van der Waals surface area contributed by atoms with Crippen LogP contribution in [0.15, 0.2) is 46.4 Å². The second-order valence-corrected chi connectivity index (χ2v) is 6.15. The van der Waals surface area contributed by atoms with Crippen LogP contribution >= 0.6 is 0 Å². The molecule has 0 saturated heterocycles. The first-order chi connectivity index (χ1) is 7.63. The Kier molecular flexibility index (Phi) is 5.81. The molecule has 0 spiro atoms. The van der Waals surface area contributed by atoms with Gasteiger partial charge in [0.05, 0.1) is 4.90 Å². The van der Waals surface area contributed by atoms with Crippen LogP contribution < -0.4 is 0 Å². The second-order valence-electron chi connectivity index (χ2n) is 3.19. The standard InChI is InChI=1S/C9H10O6S2.Mg.2H/c1-7(2)15-17(13,14)9-5-3-8(4-6-9)16(10,11)12;;;/h3-6H,1H2,2H3,(H,10,11,12);;;/q;+2;2*-1. The molecule has 0 bridgehead atoms. The molecule has 0 saturated carbocycles. The Morgan fingerprint density at radius 3 is 1.89 bits per heavy atom. The zero-order valence-corrected chi connectivity index (χ0v) is 12.6. The van der Waals surface area contributed by atoms with Crippen LogP contribution in [0.2, 0.25) is 0 Å². The molecule has 18 heavy (non-hydrogen) atoms. The van der Waals surface area contributed by atoms with Gasteiger partial charge in [-0.3, -0.25) is 4.55 Å². The van der Waals surface area contributed by atoms with Crippen molar-refractivity contribution in [2.45, 2.75) is 16.7 Å². The summed E-state index contributed by atoms with van der Waals surface area (Å²) in [4.78, 5) is -0.625. The maximum absolute atomic E-state index is 11.5. The number of allylic oxidation sites excluding steroid dienone is 1. The summed E-state index contributed by atoms with van der Waals surface area (Å²) in [6.07, 6.45) is 0. The molecule has 6 nitrogen and oxygen atoms in total. The molecule has 1 aromatic carbocycles. The zero-order chi connectivity index (χ0) is 13.3. The summed E-state index contributed by atoms with van der Waals surface area (Å²) in [5, 5.41) is 0. The summed E-state index contributed by atoms with van der Waals surface area (Å²) in [5.41, 5.74) is 0. The van der Waals surface area contributed by atoms with Gasteiger partial charge in [-0.2, -0.15) is 16.8 Å². The van der Waals surface area contributed by atoms with E-state index in [-0.39, 0.29) is 36.6 Å². The third kappa shape index (κ3) is 4.57. The molecule has 0 aliphatic rings. The van der Waals surface area contributed by atoms with E-state index < -0.39 is 25.1 Å². The predicted molar refractivity (Wildman–Crippen MR) is 67.3 cm³/mol. The zero-order valence-electron chi connectivity index (χ0n) is 11.5. The molecule has 0 aliphatic carbocycles. The maximum atomic E-state index is 11.5. The second kappa shape index (κ2) is 6.02. The molecular weight excluding hydrogens is 293 g/mol. The van der Waals surface area contributed by atoms with Gasteiger partial charge in [-0.25, -0.2) is 0 Å². The van der Waals surface area contributed by atoms with Gasteiger partial charge < -0.3 is 7.04 Å². The van der Waals surface area contributed by atoms with E-state index in [4.69, 9.17) is 4.55 Å². The number of hydrogen-bond acceptors (Lipinski definition) is 5. The number of rotatable bonds is 4. The molecule has 9 heteroatoms. The third-order valence-corrected chi connectivity index (χ3v) is 3.88. The Labute approximate surface area is 125 Å². The van der Waals surface area contributed by atoms with Crippen molar-refractivity contribution in [2.75, 3.05) is 0 Å². The van der Waals surface area contributed by atoms with Crippen LogP contribution in [0.4, 0.5) is 0 Å². The van der Waals surface area contributed by atoms with Crippen molar-refractivity contribution in [1.82, 2.24) is 0 Å². The summed E-state index contributed by atoms with van der Waals surface area (Å²) < 4.78 is 57.7. The fraction of sp³-hybridized carbons (Fsp3) is 0.111. The van der Waals surface area contributed by atoms with Gasteiger partial charge in [0.15, 0.2) is 0 Å². The molecular formula is C9H12MgO6S2. The number of hydrogen-bond donors (Lipinski definition) is 1. The molecule has 0 aliphatic heterocycles. The van der Waals surface area contributed by atoms with Crippen LogP contribution in [0.1, 0.15) is 9.78 Å². The molecule has 0 unspecified atom stereocenters. The van der Waals surface area contributed by atoms with Crippen molar-refractivity contribution in [2.24, 2.45) is 0 Å². The van der Waals surface area contributed by atoms with Crippen molar-refractivity contribution in [3.05, 3.63) is 36.6 Å². The van der Waals surface area contributed by atoms with Gasteiger partial charge >= 0.3 is 33.2 Å². The Hall–Kier alpha value is -0.614. The maximum Gasteiger partial charge on any atom is 2.00 e. The largest absolute Gasteiger partial charge is 2.00 e. The van der Waals surface area contributed by atoms with E-state index in [2.05, 4.69) is 10.8 Å². The Bertz CT molecular complexity index is 640. The van der Waals surface area contributed by atoms with Gasteiger partial charge in [-0.15, -0.1) is 0 Å². The first-order valence-corrected chi connectivity index (χ1v) is 7.15. The minimum Gasteiger partial charge on any atom is -1.00 e. The number of benzene rings is 1. The van der Waals surface area contributed by atoms with Crippen LogP contribution in [0.3, 0.4) is 0 Å². The molecule has 0 fully saturated rings. The summed E-state index contributed by atoms with van der Waals surface area (Å²) in [6, 6.07) is 3.96. The third-order valence-electron chi connectivity index (χ3n) is 1.66. The van der Waals surface area contributed by atoms with Gasteiger partial charge in [-0.05, 0) is 31.2 Å². The van der Waals surface area contributed by atoms with Crippen LogP contribution in [-0.2, 0) is 24.4 Å². The fourth-order valence-corrected chi connectivity index (χ4v) is 2.43. The van der Waals surface area contributed by atoms with Crippen LogP contribution in [-0.4, -0.2) is 44.4 Å². The van der Waals surface area contributed by atoms with E-state index in [1.807, 2.05) is 0 Å². The van der Waals surface area contributed by atoms with Gasteiger partial charge in [0.2, 0.25) is 0 Å². The Morgan fingerprint density at radius 1 is 1.17 bits per heavy atom. The SMILES string of the molecule is C=C(C)OS(=O)(=O)c1ccc(S(=O)(=O)O)cc1.[H-].[H-].[Mg+2]. The van der Waals surface area contributed by atoms with Crippen LogP contribution in [0, 0.1) is 0 Å². The van der Waals surface area contributed by atoms with E-state index in [9.17, 15) is 16.8 Å². The fourth-order valence-electron chi connectivity index (χ4n) is 1.01. The van der Waals surface area contributed by atoms with Gasteiger partial charge in [-0.1, -0.05) is 6.58 Å².